The number of morpholine rings is 1. The first-order chi connectivity index (χ1) is 15.6. The number of nitrogens with zero attached hydrogens (tertiary/aromatic N) is 3. The number of fused-ring (bicyclic) bond motifs is 2. The summed E-state index contributed by atoms with van der Waals surface area (Å²) < 4.78 is 17.7. The van der Waals surface area contributed by atoms with Crippen molar-refractivity contribution in [2.24, 2.45) is 0 Å². The number of hydrogen-bond donors (Lipinski definition) is 1. The zero-order valence-electron chi connectivity index (χ0n) is 17.7. The lowest BCUT2D eigenvalue weighted by Gasteiger charge is -2.35. The monoisotopic (exact) mass is 474 g/mol. The Kier molecular flexibility index (Phi) is 6.24. The SMILES string of the molecule is COc1cc2c(Nc3ccc(Cl)c(Cl)c3)ncnc2cc1OC[C@H]1CN2CCCC2CO1. The molecule has 0 amide bonds. The Morgan fingerprint density at radius 2 is 2.06 bits per heavy atom. The quantitative estimate of drug-likeness (QED) is 0.542. The van der Waals surface area contributed by atoms with Gasteiger partial charge in [-0.15, -0.1) is 0 Å². The van der Waals surface area contributed by atoms with Crippen molar-refractivity contribution in [1.82, 2.24) is 14.9 Å². The first-order valence-corrected chi connectivity index (χ1v) is 11.4. The van der Waals surface area contributed by atoms with Crippen LogP contribution in [0.25, 0.3) is 10.9 Å². The van der Waals surface area contributed by atoms with E-state index in [1.807, 2.05) is 18.2 Å². The minimum Gasteiger partial charge on any atom is -0.493 e. The molecule has 1 N–H and O–H groups in total. The second-order valence-electron chi connectivity index (χ2n) is 8.05. The number of halogens is 2. The molecule has 9 heteroatoms. The predicted molar refractivity (Wildman–Crippen MR) is 126 cm³/mol. The molecule has 0 spiro atoms. The van der Waals surface area contributed by atoms with E-state index in [9.17, 15) is 0 Å². The number of anilines is 2. The lowest BCUT2D eigenvalue weighted by molar-refractivity contribution is -0.0655. The van der Waals surface area contributed by atoms with Crippen LogP contribution in [0.5, 0.6) is 11.5 Å². The molecule has 2 fully saturated rings. The third-order valence-corrected chi connectivity index (χ3v) is 6.73. The van der Waals surface area contributed by atoms with E-state index in [2.05, 4.69) is 20.2 Å². The second kappa shape index (κ2) is 9.27. The summed E-state index contributed by atoms with van der Waals surface area (Å²) >= 11 is 12.2. The molecule has 2 saturated heterocycles. The van der Waals surface area contributed by atoms with Gasteiger partial charge in [-0.2, -0.15) is 0 Å². The zero-order chi connectivity index (χ0) is 22.1. The van der Waals surface area contributed by atoms with Crippen LogP contribution in [0.1, 0.15) is 12.8 Å². The van der Waals surface area contributed by atoms with E-state index in [0.29, 0.717) is 40.0 Å². The summed E-state index contributed by atoms with van der Waals surface area (Å²) in [5.74, 6) is 1.87. The van der Waals surface area contributed by atoms with Gasteiger partial charge in [0.15, 0.2) is 11.5 Å². The summed E-state index contributed by atoms with van der Waals surface area (Å²) in [5, 5.41) is 5.04. The van der Waals surface area contributed by atoms with E-state index in [4.69, 9.17) is 37.4 Å². The Hall–Kier alpha value is -2.32. The maximum atomic E-state index is 6.14. The zero-order valence-corrected chi connectivity index (χ0v) is 19.2. The molecule has 32 heavy (non-hydrogen) atoms. The van der Waals surface area contributed by atoms with Crippen molar-refractivity contribution in [1.29, 1.82) is 0 Å². The molecule has 7 nitrogen and oxygen atoms in total. The minimum absolute atomic E-state index is 0.0435. The Labute approximate surface area is 196 Å². The average molecular weight is 475 g/mol. The molecular formula is C23H24Cl2N4O3. The van der Waals surface area contributed by atoms with Gasteiger partial charge in [-0.25, -0.2) is 9.97 Å². The highest BCUT2D eigenvalue weighted by atomic mass is 35.5. The maximum Gasteiger partial charge on any atom is 0.163 e. The molecule has 3 heterocycles. The number of benzene rings is 2. The van der Waals surface area contributed by atoms with Crippen LogP contribution >= 0.6 is 23.2 Å². The average Bonchev–Trinajstić information content (AvgIpc) is 3.27. The lowest BCUT2D eigenvalue weighted by Crippen LogP contribution is -2.48. The van der Waals surface area contributed by atoms with E-state index in [1.165, 1.54) is 19.2 Å². The first-order valence-electron chi connectivity index (χ1n) is 10.6. The van der Waals surface area contributed by atoms with E-state index in [1.54, 1.807) is 19.2 Å². The molecule has 0 radical (unpaired) electrons. The summed E-state index contributed by atoms with van der Waals surface area (Å²) in [6, 6.07) is 9.65. The highest BCUT2D eigenvalue weighted by molar-refractivity contribution is 6.42. The summed E-state index contributed by atoms with van der Waals surface area (Å²) in [7, 11) is 1.62. The third-order valence-electron chi connectivity index (χ3n) is 5.99. The molecule has 3 aromatic rings. The number of hydrogen-bond acceptors (Lipinski definition) is 7. The standard InChI is InChI=1S/C23H24Cl2N4O3/c1-30-21-8-17-20(26-13-27-23(17)28-14-4-5-18(24)19(25)7-14)9-22(21)32-12-16-10-29-6-2-3-15(29)11-31-16/h4-5,7-9,13,15-16H,2-3,6,10-12H2,1H3,(H,26,27,28)/t15?,16-/m1/s1. The highest BCUT2D eigenvalue weighted by Gasteiger charge is 2.32. The topological polar surface area (TPSA) is 68.7 Å². The molecule has 5 rings (SSSR count). The van der Waals surface area contributed by atoms with Gasteiger partial charge in [-0.3, -0.25) is 4.90 Å². The molecule has 2 aromatic carbocycles. The van der Waals surface area contributed by atoms with Gasteiger partial charge < -0.3 is 19.5 Å². The molecule has 168 valence electrons. The van der Waals surface area contributed by atoms with Crippen LogP contribution in [-0.2, 0) is 4.74 Å². The lowest BCUT2D eigenvalue weighted by atomic mass is 10.2. The fourth-order valence-corrected chi connectivity index (χ4v) is 4.61. The predicted octanol–water partition coefficient (Wildman–Crippen LogP) is 4.93. The number of rotatable bonds is 6. The van der Waals surface area contributed by atoms with Gasteiger partial charge in [0.25, 0.3) is 0 Å². The van der Waals surface area contributed by atoms with Gasteiger partial charge in [0.05, 0.1) is 29.3 Å². The molecule has 2 aliphatic heterocycles. The van der Waals surface area contributed by atoms with Crippen molar-refractivity contribution in [2.45, 2.75) is 25.0 Å². The smallest absolute Gasteiger partial charge is 0.163 e. The van der Waals surface area contributed by atoms with Crippen LogP contribution in [-0.4, -0.2) is 60.4 Å². The van der Waals surface area contributed by atoms with Crippen molar-refractivity contribution < 1.29 is 14.2 Å². The molecule has 0 saturated carbocycles. The highest BCUT2D eigenvalue weighted by Crippen LogP contribution is 2.36. The second-order valence-corrected chi connectivity index (χ2v) is 8.87. The summed E-state index contributed by atoms with van der Waals surface area (Å²) in [4.78, 5) is 11.3. The Morgan fingerprint density at radius 3 is 2.91 bits per heavy atom. The normalized spacial score (nSPS) is 20.8. The first kappa shape index (κ1) is 21.5. The fraction of sp³-hybridized carbons (Fsp3) is 0.391. The van der Waals surface area contributed by atoms with Crippen molar-refractivity contribution in [3.05, 3.63) is 46.7 Å². The molecule has 0 bridgehead atoms. The Balaban J connectivity index is 1.36. The molecule has 1 aromatic heterocycles. The van der Waals surface area contributed by atoms with Gasteiger partial charge in [-0.1, -0.05) is 23.2 Å². The number of nitrogens with one attached hydrogen (secondary N) is 1. The number of aromatic nitrogens is 2. The van der Waals surface area contributed by atoms with Gasteiger partial charge >= 0.3 is 0 Å². The molecule has 2 atom stereocenters. The van der Waals surface area contributed by atoms with Crippen molar-refractivity contribution in [3.8, 4) is 11.5 Å². The molecule has 1 unspecified atom stereocenters. The van der Waals surface area contributed by atoms with Crippen molar-refractivity contribution in [3.63, 3.8) is 0 Å². The minimum atomic E-state index is 0.0435. The summed E-state index contributed by atoms with van der Waals surface area (Å²) in [6.07, 6.45) is 4.03. The van der Waals surface area contributed by atoms with Crippen LogP contribution in [0, 0.1) is 0 Å². The summed E-state index contributed by atoms with van der Waals surface area (Å²) in [5.41, 5.74) is 1.51. The molecular weight excluding hydrogens is 451 g/mol. The Morgan fingerprint density at radius 1 is 1.16 bits per heavy atom. The van der Waals surface area contributed by atoms with Crippen LogP contribution in [0.15, 0.2) is 36.7 Å². The van der Waals surface area contributed by atoms with Crippen LogP contribution < -0.4 is 14.8 Å². The molecule has 0 aliphatic carbocycles. The summed E-state index contributed by atoms with van der Waals surface area (Å²) in [6.45, 7) is 3.29. The number of ether oxygens (including phenoxy) is 3. The third kappa shape index (κ3) is 4.43. The Bertz CT molecular complexity index is 1130. The van der Waals surface area contributed by atoms with Gasteiger partial charge in [0, 0.05) is 29.7 Å². The van der Waals surface area contributed by atoms with Crippen molar-refractivity contribution in [2.75, 3.05) is 38.7 Å². The van der Waals surface area contributed by atoms with Gasteiger partial charge in [0.2, 0.25) is 0 Å². The van der Waals surface area contributed by atoms with Gasteiger partial charge in [0.1, 0.15) is 24.9 Å². The molecule has 2 aliphatic rings. The van der Waals surface area contributed by atoms with Crippen LogP contribution in [0.4, 0.5) is 11.5 Å². The van der Waals surface area contributed by atoms with E-state index < -0.39 is 0 Å². The maximum absolute atomic E-state index is 6.14. The largest absolute Gasteiger partial charge is 0.493 e. The van der Waals surface area contributed by atoms with E-state index in [-0.39, 0.29) is 6.10 Å². The van der Waals surface area contributed by atoms with E-state index in [0.717, 1.165) is 36.3 Å². The van der Waals surface area contributed by atoms with Crippen LogP contribution in [0.3, 0.4) is 0 Å². The van der Waals surface area contributed by atoms with Crippen LogP contribution in [0.2, 0.25) is 10.0 Å². The van der Waals surface area contributed by atoms with E-state index >= 15 is 0 Å². The fourth-order valence-electron chi connectivity index (χ4n) is 4.32. The van der Waals surface area contributed by atoms with Crippen molar-refractivity contribution >= 4 is 45.6 Å². The van der Waals surface area contributed by atoms with Gasteiger partial charge in [-0.05, 0) is 43.7 Å². The number of methoxy groups -OCH3 is 1.